The van der Waals surface area contributed by atoms with E-state index < -0.39 is 21.6 Å². The molecule has 2 rings (SSSR count). The van der Waals surface area contributed by atoms with Gasteiger partial charge in [0.15, 0.2) is 9.84 Å². The third kappa shape index (κ3) is 4.01. The van der Waals surface area contributed by atoms with Gasteiger partial charge in [-0.3, -0.25) is 9.69 Å². The summed E-state index contributed by atoms with van der Waals surface area (Å²) in [5.41, 5.74) is 0.639. The zero-order chi connectivity index (χ0) is 15.6. The van der Waals surface area contributed by atoms with Gasteiger partial charge in [0.2, 0.25) is 0 Å². The summed E-state index contributed by atoms with van der Waals surface area (Å²) >= 11 is 0. The topological polar surface area (TPSA) is 74.7 Å². The molecule has 1 N–H and O–H groups in total. The van der Waals surface area contributed by atoms with Crippen molar-refractivity contribution < 1.29 is 22.7 Å². The van der Waals surface area contributed by atoms with E-state index in [1.54, 1.807) is 24.0 Å². The van der Waals surface area contributed by atoms with Gasteiger partial charge in [0.05, 0.1) is 18.1 Å². The van der Waals surface area contributed by atoms with Gasteiger partial charge in [0.1, 0.15) is 5.82 Å². The van der Waals surface area contributed by atoms with Crippen LogP contribution < -0.4 is 0 Å². The van der Waals surface area contributed by atoms with Crippen molar-refractivity contribution in [2.75, 3.05) is 18.1 Å². The summed E-state index contributed by atoms with van der Waals surface area (Å²) in [5, 5.41) is 9.06. The van der Waals surface area contributed by atoms with Crippen LogP contribution in [0.15, 0.2) is 24.3 Å². The largest absolute Gasteiger partial charge is 0.480 e. The Hall–Kier alpha value is -1.47. The Morgan fingerprint density at radius 2 is 2.24 bits per heavy atom. The van der Waals surface area contributed by atoms with Gasteiger partial charge in [-0.2, -0.15) is 0 Å². The van der Waals surface area contributed by atoms with Gasteiger partial charge in [0.25, 0.3) is 0 Å². The lowest BCUT2D eigenvalue weighted by Gasteiger charge is -2.32. The van der Waals surface area contributed by atoms with Crippen LogP contribution in [0, 0.1) is 5.82 Å². The number of hydrogen-bond acceptors (Lipinski definition) is 4. The van der Waals surface area contributed by atoms with Gasteiger partial charge in [-0.05, 0) is 31.0 Å². The second kappa shape index (κ2) is 6.11. The summed E-state index contributed by atoms with van der Waals surface area (Å²) in [6.07, 6.45) is 0.412. The van der Waals surface area contributed by atoms with E-state index in [2.05, 4.69) is 0 Å². The lowest BCUT2D eigenvalue weighted by Crippen LogP contribution is -2.41. The minimum atomic E-state index is -3.11. The molecule has 0 saturated carbocycles. The number of aliphatic carboxylic acids is 1. The highest BCUT2D eigenvalue weighted by molar-refractivity contribution is 7.91. The summed E-state index contributed by atoms with van der Waals surface area (Å²) < 4.78 is 36.5. The Morgan fingerprint density at radius 3 is 2.76 bits per heavy atom. The molecule has 1 fully saturated rings. The van der Waals surface area contributed by atoms with Crippen LogP contribution in [0.25, 0.3) is 0 Å². The second-order valence-corrected chi connectivity index (χ2v) is 7.58. The first kappa shape index (κ1) is 15.9. The van der Waals surface area contributed by atoms with Crippen LogP contribution in [0.4, 0.5) is 4.39 Å². The van der Waals surface area contributed by atoms with E-state index in [0.717, 1.165) is 0 Å². The Kier molecular flexibility index (Phi) is 4.63. The van der Waals surface area contributed by atoms with E-state index >= 15 is 0 Å². The smallest absolute Gasteiger partial charge is 0.317 e. The predicted octanol–water partition coefficient (Wildman–Crippen LogP) is 1.46. The summed E-state index contributed by atoms with van der Waals surface area (Å²) in [5.74, 6) is -1.39. The molecule has 0 aromatic heterocycles. The zero-order valence-electron chi connectivity index (χ0n) is 11.7. The fourth-order valence-corrected chi connectivity index (χ4v) is 4.48. The molecule has 1 saturated heterocycles. The van der Waals surface area contributed by atoms with Crippen LogP contribution in [0.3, 0.4) is 0 Å². The highest BCUT2D eigenvalue weighted by atomic mass is 32.2. The Morgan fingerprint density at radius 1 is 1.52 bits per heavy atom. The number of carbonyl (C=O) groups is 1. The van der Waals surface area contributed by atoms with Crippen molar-refractivity contribution in [1.82, 2.24) is 4.90 Å². The van der Waals surface area contributed by atoms with Crippen molar-refractivity contribution in [3.05, 3.63) is 35.6 Å². The highest BCUT2D eigenvalue weighted by Gasteiger charge is 2.35. The number of carboxylic acid groups (broad SMARTS) is 1. The molecular weight excluding hydrogens is 297 g/mol. The first-order chi connectivity index (χ1) is 9.78. The summed E-state index contributed by atoms with van der Waals surface area (Å²) in [6.45, 7) is 1.50. The van der Waals surface area contributed by atoms with E-state index in [1.807, 2.05) is 0 Å². The standard InChI is InChI=1S/C14H18FNO4S/c1-10(11-3-2-4-12(15)7-11)16(8-14(17)18)13-5-6-21(19,20)9-13/h2-4,7,10,13H,5-6,8-9H2,1H3,(H,17,18). The summed E-state index contributed by atoms with van der Waals surface area (Å²) in [6, 6.07) is 5.23. The zero-order valence-corrected chi connectivity index (χ0v) is 12.5. The molecule has 1 aromatic carbocycles. The van der Waals surface area contributed by atoms with Crippen molar-refractivity contribution in [2.45, 2.75) is 25.4 Å². The lowest BCUT2D eigenvalue weighted by atomic mass is 10.0. The summed E-state index contributed by atoms with van der Waals surface area (Å²) in [4.78, 5) is 12.7. The van der Waals surface area contributed by atoms with Crippen LogP contribution >= 0.6 is 0 Å². The molecule has 2 unspecified atom stereocenters. The monoisotopic (exact) mass is 315 g/mol. The van der Waals surface area contributed by atoms with Crippen molar-refractivity contribution >= 4 is 15.8 Å². The molecule has 1 heterocycles. The Bertz CT molecular complexity index is 632. The van der Waals surface area contributed by atoms with Gasteiger partial charge in [0, 0.05) is 12.1 Å². The van der Waals surface area contributed by atoms with Crippen LogP contribution in [0.2, 0.25) is 0 Å². The highest BCUT2D eigenvalue weighted by Crippen LogP contribution is 2.27. The van der Waals surface area contributed by atoms with Crippen LogP contribution in [-0.4, -0.2) is 48.5 Å². The van der Waals surface area contributed by atoms with Crippen LogP contribution in [0.5, 0.6) is 0 Å². The minimum Gasteiger partial charge on any atom is -0.480 e. The third-order valence-corrected chi connectivity index (χ3v) is 5.57. The molecule has 2 atom stereocenters. The maximum atomic E-state index is 13.3. The molecule has 0 radical (unpaired) electrons. The average Bonchev–Trinajstić information content (AvgIpc) is 2.75. The maximum Gasteiger partial charge on any atom is 0.317 e. The predicted molar refractivity (Wildman–Crippen MR) is 76.2 cm³/mol. The lowest BCUT2D eigenvalue weighted by molar-refractivity contribution is -0.139. The number of sulfone groups is 1. The normalized spacial score (nSPS) is 22.3. The molecular formula is C14H18FNO4S. The maximum absolute atomic E-state index is 13.3. The van der Waals surface area contributed by atoms with Crippen LogP contribution in [-0.2, 0) is 14.6 Å². The van der Waals surface area contributed by atoms with Gasteiger partial charge < -0.3 is 5.11 Å². The fraction of sp³-hybridized carbons (Fsp3) is 0.500. The van der Waals surface area contributed by atoms with E-state index in [9.17, 15) is 17.6 Å². The Balaban J connectivity index is 2.25. The first-order valence-electron chi connectivity index (χ1n) is 6.72. The van der Waals surface area contributed by atoms with Crippen molar-refractivity contribution in [3.63, 3.8) is 0 Å². The molecule has 116 valence electrons. The SMILES string of the molecule is CC(c1cccc(F)c1)N(CC(=O)O)C1CCS(=O)(=O)C1. The molecule has 7 heteroatoms. The van der Waals surface area contributed by atoms with Gasteiger partial charge in [-0.1, -0.05) is 12.1 Å². The number of benzene rings is 1. The van der Waals surface area contributed by atoms with Gasteiger partial charge in [-0.25, -0.2) is 12.8 Å². The van der Waals surface area contributed by atoms with Crippen molar-refractivity contribution in [2.24, 2.45) is 0 Å². The van der Waals surface area contributed by atoms with Crippen molar-refractivity contribution in [3.8, 4) is 0 Å². The molecule has 5 nitrogen and oxygen atoms in total. The van der Waals surface area contributed by atoms with Crippen LogP contribution in [0.1, 0.15) is 24.9 Å². The van der Waals surface area contributed by atoms with E-state index in [-0.39, 0.29) is 30.1 Å². The molecule has 1 aliphatic heterocycles. The number of nitrogens with zero attached hydrogens (tertiary/aromatic N) is 1. The van der Waals surface area contributed by atoms with E-state index in [4.69, 9.17) is 5.11 Å². The fourth-order valence-electron chi connectivity index (χ4n) is 2.73. The third-order valence-electron chi connectivity index (χ3n) is 3.82. The molecule has 1 aromatic rings. The number of rotatable bonds is 5. The molecule has 21 heavy (non-hydrogen) atoms. The molecule has 1 aliphatic rings. The first-order valence-corrected chi connectivity index (χ1v) is 8.54. The Labute approximate surface area is 123 Å². The van der Waals surface area contributed by atoms with E-state index in [1.165, 1.54) is 12.1 Å². The van der Waals surface area contributed by atoms with Gasteiger partial charge >= 0.3 is 5.97 Å². The number of hydrogen-bond donors (Lipinski definition) is 1. The molecule has 0 aliphatic carbocycles. The quantitative estimate of drug-likeness (QED) is 0.890. The molecule has 0 amide bonds. The summed E-state index contributed by atoms with van der Waals surface area (Å²) in [7, 11) is -3.11. The molecule has 0 spiro atoms. The number of halogens is 1. The molecule has 0 bridgehead atoms. The van der Waals surface area contributed by atoms with Crippen molar-refractivity contribution in [1.29, 1.82) is 0 Å². The average molecular weight is 315 g/mol. The van der Waals surface area contributed by atoms with Gasteiger partial charge in [-0.15, -0.1) is 0 Å². The second-order valence-electron chi connectivity index (χ2n) is 5.35. The number of carboxylic acids is 1. The van der Waals surface area contributed by atoms with E-state index in [0.29, 0.717) is 12.0 Å². The minimum absolute atomic E-state index is 0.0417.